The van der Waals surface area contributed by atoms with Crippen molar-refractivity contribution in [3.8, 4) is 0 Å². The predicted molar refractivity (Wildman–Crippen MR) is 63.6 cm³/mol. The summed E-state index contributed by atoms with van der Waals surface area (Å²) in [6.07, 6.45) is 0.687. The lowest BCUT2D eigenvalue weighted by atomic mass is 9.99. The summed E-state index contributed by atoms with van der Waals surface area (Å²) in [6, 6.07) is 0. The van der Waals surface area contributed by atoms with E-state index in [1.165, 1.54) is 0 Å². The van der Waals surface area contributed by atoms with Gasteiger partial charge in [0.05, 0.1) is 5.75 Å². The van der Waals surface area contributed by atoms with Crippen LogP contribution in [-0.4, -0.2) is 48.8 Å². The minimum Gasteiger partial charge on any atom is -0.396 e. The molecule has 0 aliphatic carbocycles. The number of rotatable bonds is 5. The highest BCUT2D eigenvalue weighted by Gasteiger charge is 2.39. The Morgan fingerprint density at radius 2 is 2.12 bits per heavy atom. The van der Waals surface area contributed by atoms with Gasteiger partial charge in [-0.25, -0.2) is 13.6 Å². The molecule has 1 heterocycles. The van der Waals surface area contributed by atoms with Crippen molar-refractivity contribution in [1.29, 1.82) is 0 Å². The Bertz CT molecular complexity index is 391. The quantitative estimate of drug-likeness (QED) is 0.684. The molecule has 0 bridgehead atoms. The zero-order chi connectivity index (χ0) is 13.3. The van der Waals surface area contributed by atoms with Crippen LogP contribution in [0, 0.1) is 5.92 Å². The number of nitrogens with two attached hydrogens (primary N) is 1. The van der Waals surface area contributed by atoms with Gasteiger partial charge in [0.15, 0.2) is 0 Å². The van der Waals surface area contributed by atoms with Crippen LogP contribution < -0.4 is 5.14 Å². The lowest BCUT2D eigenvalue weighted by molar-refractivity contribution is -0.132. The van der Waals surface area contributed by atoms with E-state index >= 15 is 0 Å². The SMILES string of the molecule is CC(C)(CCO)N1CC(CS(N)(=O)=O)CC1=O. The Hall–Kier alpha value is -0.660. The fourth-order valence-corrected chi connectivity index (χ4v) is 3.10. The van der Waals surface area contributed by atoms with Crippen molar-refractivity contribution < 1.29 is 18.3 Å². The van der Waals surface area contributed by atoms with Gasteiger partial charge in [0.1, 0.15) is 0 Å². The minimum absolute atomic E-state index is 0.00334. The molecule has 1 aliphatic rings. The summed E-state index contributed by atoms with van der Waals surface area (Å²) in [5.74, 6) is -0.475. The third-order valence-electron chi connectivity index (χ3n) is 3.13. The monoisotopic (exact) mass is 264 g/mol. The van der Waals surface area contributed by atoms with Crippen LogP contribution in [0.5, 0.6) is 0 Å². The molecule has 7 heteroatoms. The van der Waals surface area contributed by atoms with Crippen LogP contribution in [-0.2, 0) is 14.8 Å². The molecule has 1 amide bonds. The second kappa shape index (κ2) is 4.91. The first-order valence-electron chi connectivity index (χ1n) is 5.57. The zero-order valence-corrected chi connectivity index (χ0v) is 11.0. The molecule has 6 nitrogen and oxygen atoms in total. The van der Waals surface area contributed by atoms with Crippen molar-refractivity contribution in [2.45, 2.75) is 32.2 Å². The highest BCUT2D eigenvalue weighted by molar-refractivity contribution is 7.89. The predicted octanol–water partition coefficient (Wildman–Crippen LogP) is -0.716. The standard InChI is InChI=1S/C10H20N2O4S/c1-10(2,3-4-13)12-6-8(5-9(12)14)7-17(11,15)16/h8,13H,3-7H2,1-2H3,(H2,11,15,16). The molecule has 1 rings (SSSR count). The zero-order valence-electron chi connectivity index (χ0n) is 10.2. The van der Waals surface area contributed by atoms with Crippen molar-refractivity contribution >= 4 is 15.9 Å². The Kier molecular flexibility index (Phi) is 4.16. The van der Waals surface area contributed by atoms with E-state index in [-0.39, 0.29) is 30.6 Å². The molecule has 100 valence electrons. The van der Waals surface area contributed by atoms with Gasteiger partial charge in [-0.1, -0.05) is 0 Å². The second-order valence-corrected chi connectivity index (χ2v) is 6.85. The van der Waals surface area contributed by atoms with Gasteiger partial charge in [-0.3, -0.25) is 4.79 Å². The fraction of sp³-hybridized carbons (Fsp3) is 0.900. The van der Waals surface area contributed by atoms with E-state index in [4.69, 9.17) is 10.2 Å². The number of nitrogens with zero attached hydrogens (tertiary/aromatic N) is 1. The van der Waals surface area contributed by atoms with Gasteiger partial charge in [0.2, 0.25) is 15.9 Å². The van der Waals surface area contributed by atoms with E-state index in [1.54, 1.807) is 4.90 Å². The number of primary sulfonamides is 1. The topological polar surface area (TPSA) is 101 Å². The van der Waals surface area contributed by atoms with Gasteiger partial charge < -0.3 is 10.0 Å². The van der Waals surface area contributed by atoms with E-state index < -0.39 is 15.6 Å². The maximum atomic E-state index is 11.8. The summed E-state index contributed by atoms with van der Waals surface area (Å²) < 4.78 is 22.0. The van der Waals surface area contributed by atoms with Gasteiger partial charge in [0.25, 0.3) is 0 Å². The first-order chi connectivity index (χ1) is 7.65. The molecule has 1 fully saturated rings. The van der Waals surface area contributed by atoms with E-state index in [0.29, 0.717) is 13.0 Å². The second-order valence-electron chi connectivity index (χ2n) is 5.19. The van der Waals surface area contributed by atoms with Crippen LogP contribution in [0.3, 0.4) is 0 Å². The van der Waals surface area contributed by atoms with E-state index in [1.807, 2.05) is 13.8 Å². The average molecular weight is 264 g/mol. The molecule has 0 aromatic heterocycles. The van der Waals surface area contributed by atoms with Crippen LogP contribution in [0.15, 0.2) is 0 Å². The maximum Gasteiger partial charge on any atom is 0.223 e. The molecular formula is C10H20N2O4S. The Morgan fingerprint density at radius 1 is 1.53 bits per heavy atom. The Labute approximate surface area is 102 Å². The lowest BCUT2D eigenvalue weighted by Gasteiger charge is -2.35. The summed E-state index contributed by atoms with van der Waals surface area (Å²) in [5, 5.41) is 13.9. The van der Waals surface area contributed by atoms with Gasteiger partial charge >= 0.3 is 0 Å². The first kappa shape index (κ1) is 14.4. The van der Waals surface area contributed by atoms with Crippen LogP contribution in [0.4, 0.5) is 0 Å². The van der Waals surface area contributed by atoms with Crippen molar-refractivity contribution in [2.24, 2.45) is 11.1 Å². The van der Waals surface area contributed by atoms with E-state index in [0.717, 1.165) is 0 Å². The van der Waals surface area contributed by atoms with Gasteiger partial charge in [-0.05, 0) is 20.3 Å². The summed E-state index contributed by atoms with van der Waals surface area (Å²) in [4.78, 5) is 13.4. The number of hydrogen-bond acceptors (Lipinski definition) is 4. The van der Waals surface area contributed by atoms with Crippen molar-refractivity contribution in [3.05, 3.63) is 0 Å². The third-order valence-corrected chi connectivity index (χ3v) is 4.06. The molecule has 1 unspecified atom stereocenters. The smallest absolute Gasteiger partial charge is 0.223 e. The van der Waals surface area contributed by atoms with Crippen LogP contribution in [0.2, 0.25) is 0 Å². The Balaban J connectivity index is 2.70. The van der Waals surface area contributed by atoms with Crippen molar-refractivity contribution in [2.75, 3.05) is 18.9 Å². The van der Waals surface area contributed by atoms with Gasteiger partial charge in [0, 0.05) is 31.0 Å². The number of amides is 1. The van der Waals surface area contributed by atoms with Gasteiger partial charge in [-0.2, -0.15) is 0 Å². The summed E-state index contributed by atoms with van der Waals surface area (Å²) in [5.41, 5.74) is -0.445. The molecule has 0 radical (unpaired) electrons. The molecule has 0 aromatic rings. The van der Waals surface area contributed by atoms with Crippen LogP contribution >= 0.6 is 0 Å². The molecular weight excluding hydrogens is 244 g/mol. The maximum absolute atomic E-state index is 11.8. The Morgan fingerprint density at radius 3 is 2.59 bits per heavy atom. The van der Waals surface area contributed by atoms with E-state index in [2.05, 4.69) is 0 Å². The van der Waals surface area contributed by atoms with Crippen LogP contribution in [0.1, 0.15) is 26.7 Å². The molecule has 0 saturated carbocycles. The van der Waals surface area contributed by atoms with Crippen LogP contribution in [0.25, 0.3) is 0 Å². The third kappa shape index (κ3) is 3.93. The normalized spacial score (nSPS) is 22.2. The minimum atomic E-state index is -3.54. The van der Waals surface area contributed by atoms with Crippen molar-refractivity contribution in [3.63, 3.8) is 0 Å². The molecule has 1 atom stereocenters. The van der Waals surface area contributed by atoms with Gasteiger partial charge in [-0.15, -0.1) is 0 Å². The molecule has 17 heavy (non-hydrogen) atoms. The molecule has 0 spiro atoms. The number of sulfonamides is 1. The average Bonchev–Trinajstić information content (AvgIpc) is 2.43. The largest absolute Gasteiger partial charge is 0.396 e. The number of hydrogen-bond donors (Lipinski definition) is 2. The molecule has 0 aromatic carbocycles. The number of aliphatic hydroxyl groups excluding tert-OH is 1. The molecule has 1 saturated heterocycles. The number of carbonyl (C=O) groups excluding carboxylic acids is 1. The summed E-state index contributed by atoms with van der Waals surface area (Å²) >= 11 is 0. The highest BCUT2D eigenvalue weighted by Crippen LogP contribution is 2.28. The lowest BCUT2D eigenvalue weighted by Crippen LogP contribution is -2.45. The first-order valence-corrected chi connectivity index (χ1v) is 7.29. The number of aliphatic hydroxyl groups is 1. The van der Waals surface area contributed by atoms with Crippen molar-refractivity contribution in [1.82, 2.24) is 4.90 Å². The summed E-state index contributed by atoms with van der Waals surface area (Å²) in [7, 11) is -3.54. The molecule has 3 N–H and O–H groups in total. The number of likely N-dealkylation sites (tertiary alicyclic amines) is 1. The molecule has 1 aliphatic heterocycles. The van der Waals surface area contributed by atoms with E-state index in [9.17, 15) is 13.2 Å². The fourth-order valence-electron chi connectivity index (χ4n) is 2.22. The number of carbonyl (C=O) groups is 1. The highest BCUT2D eigenvalue weighted by atomic mass is 32.2. The summed E-state index contributed by atoms with van der Waals surface area (Å²) in [6.45, 7) is 4.11.